The first-order valence-electron chi connectivity index (χ1n) is 7.49. The molecule has 2 amide bonds. The maximum Gasteiger partial charge on any atom is 0.412 e. The third-order valence-corrected chi connectivity index (χ3v) is 2.55. The Kier molecular flexibility index (Phi) is 7.22. The van der Waals surface area contributed by atoms with Crippen molar-refractivity contribution in [2.75, 3.05) is 23.8 Å². The van der Waals surface area contributed by atoms with Crippen LogP contribution in [0.4, 0.5) is 29.3 Å². The van der Waals surface area contributed by atoms with E-state index in [-0.39, 0.29) is 13.0 Å². The number of alkyl halides is 3. The van der Waals surface area contributed by atoms with Gasteiger partial charge in [-0.15, -0.1) is 0 Å². The van der Waals surface area contributed by atoms with Crippen molar-refractivity contribution < 1.29 is 32.2 Å². The number of hydrogen-bond acceptors (Lipinski definition) is 4. The molecule has 0 saturated heterocycles. The second-order valence-corrected chi connectivity index (χ2v) is 6.17. The van der Waals surface area contributed by atoms with Gasteiger partial charge in [0, 0.05) is 11.4 Å². The van der Waals surface area contributed by atoms with Crippen LogP contribution in [0.1, 0.15) is 27.2 Å². The van der Waals surface area contributed by atoms with Gasteiger partial charge in [-0.25, -0.2) is 4.79 Å². The van der Waals surface area contributed by atoms with E-state index in [1.807, 2.05) is 0 Å². The minimum Gasteiger partial charge on any atom is -0.444 e. The van der Waals surface area contributed by atoms with Crippen molar-refractivity contribution in [1.82, 2.24) is 0 Å². The first kappa shape index (κ1) is 20.8. The van der Waals surface area contributed by atoms with Gasteiger partial charge >= 0.3 is 12.3 Å². The highest BCUT2D eigenvalue weighted by Crippen LogP contribution is 2.16. The number of halogens is 3. The van der Waals surface area contributed by atoms with E-state index >= 15 is 0 Å². The summed E-state index contributed by atoms with van der Waals surface area (Å²) in [6.45, 7) is 3.51. The molecule has 0 unspecified atom stereocenters. The van der Waals surface area contributed by atoms with Crippen LogP contribution in [0.5, 0.6) is 0 Å². The summed E-state index contributed by atoms with van der Waals surface area (Å²) in [6.07, 6.45) is -5.22. The van der Waals surface area contributed by atoms with Crippen LogP contribution < -0.4 is 10.6 Å². The zero-order valence-electron chi connectivity index (χ0n) is 14.2. The molecule has 6 nitrogen and oxygen atoms in total. The third kappa shape index (κ3) is 10.2. The summed E-state index contributed by atoms with van der Waals surface area (Å²) < 4.78 is 45.1. The van der Waals surface area contributed by atoms with Gasteiger partial charge in [0.15, 0.2) is 0 Å². The molecule has 0 heterocycles. The number of benzene rings is 1. The Hall–Kier alpha value is -2.29. The molecule has 0 bridgehead atoms. The number of ether oxygens (including phenoxy) is 2. The van der Waals surface area contributed by atoms with Crippen molar-refractivity contribution >= 4 is 23.4 Å². The third-order valence-electron chi connectivity index (χ3n) is 2.55. The monoisotopic (exact) mass is 362 g/mol. The number of nitrogens with one attached hydrogen (secondary N) is 2. The van der Waals surface area contributed by atoms with Crippen molar-refractivity contribution in [1.29, 1.82) is 0 Å². The molecule has 0 radical (unpaired) electrons. The van der Waals surface area contributed by atoms with Crippen LogP contribution >= 0.6 is 0 Å². The lowest BCUT2D eigenvalue weighted by Gasteiger charge is -2.19. The maximum atomic E-state index is 11.9. The molecule has 1 aromatic carbocycles. The van der Waals surface area contributed by atoms with Gasteiger partial charge in [-0.05, 0) is 45.0 Å². The SMILES string of the molecule is CC(C)(C)OC(=O)Nc1ccc(NC(=O)CCOCC(F)(F)F)cc1. The molecule has 0 aliphatic rings. The topological polar surface area (TPSA) is 76.7 Å². The maximum absolute atomic E-state index is 11.9. The molecule has 1 rings (SSSR count). The van der Waals surface area contributed by atoms with E-state index < -0.39 is 30.4 Å². The van der Waals surface area contributed by atoms with Crippen LogP contribution in [0.15, 0.2) is 24.3 Å². The summed E-state index contributed by atoms with van der Waals surface area (Å²) in [5.41, 5.74) is 0.294. The van der Waals surface area contributed by atoms with Crippen molar-refractivity contribution in [2.45, 2.75) is 39.0 Å². The van der Waals surface area contributed by atoms with Crippen molar-refractivity contribution in [2.24, 2.45) is 0 Å². The van der Waals surface area contributed by atoms with E-state index in [4.69, 9.17) is 4.74 Å². The number of rotatable bonds is 6. The lowest BCUT2D eigenvalue weighted by Crippen LogP contribution is -2.27. The normalized spacial score (nSPS) is 11.8. The fourth-order valence-electron chi connectivity index (χ4n) is 1.63. The molecule has 0 fully saturated rings. The van der Waals surface area contributed by atoms with E-state index in [0.29, 0.717) is 11.4 Å². The molecular weight excluding hydrogens is 341 g/mol. The van der Waals surface area contributed by atoms with Crippen LogP contribution in [-0.2, 0) is 14.3 Å². The number of carbonyl (C=O) groups excluding carboxylic acids is 2. The highest BCUT2D eigenvalue weighted by molar-refractivity contribution is 5.91. The Morgan fingerprint density at radius 1 is 1.00 bits per heavy atom. The lowest BCUT2D eigenvalue weighted by molar-refractivity contribution is -0.174. The summed E-state index contributed by atoms with van der Waals surface area (Å²) in [6, 6.07) is 6.20. The molecule has 2 N–H and O–H groups in total. The molecule has 1 aromatic rings. The summed E-state index contributed by atoms with van der Waals surface area (Å²) in [4.78, 5) is 23.2. The average Bonchev–Trinajstić information content (AvgIpc) is 2.43. The highest BCUT2D eigenvalue weighted by Gasteiger charge is 2.27. The van der Waals surface area contributed by atoms with E-state index in [1.165, 1.54) is 0 Å². The van der Waals surface area contributed by atoms with Gasteiger partial charge in [0.05, 0.1) is 13.0 Å². The molecule has 0 saturated carbocycles. The van der Waals surface area contributed by atoms with Gasteiger partial charge in [0.1, 0.15) is 12.2 Å². The smallest absolute Gasteiger partial charge is 0.412 e. The summed E-state index contributed by atoms with van der Waals surface area (Å²) in [5.74, 6) is -0.477. The zero-order valence-corrected chi connectivity index (χ0v) is 14.2. The highest BCUT2D eigenvalue weighted by atomic mass is 19.4. The quantitative estimate of drug-likeness (QED) is 0.752. The first-order chi connectivity index (χ1) is 11.4. The van der Waals surface area contributed by atoms with Gasteiger partial charge in [0.25, 0.3) is 0 Å². The van der Waals surface area contributed by atoms with Gasteiger partial charge in [-0.3, -0.25) is 10.1 Å². The summed E-state index contributed by atoms with van der Waals surface area (Å²) >= 11 is 0. The molecule has 25 heavy (non-hydrogen) atoms. The average molecular weight is 362 g/mol. The van der Waals surface area contributed by atoms with Crippen molar-refractivity contribution in [3.8, 4) is 0 Å². The van der Waals surface area contributed by atoms with E-state index in [2.05, 4.69) is 15.4 Å². The molecule has 0 aliphatic carbocycles. The fraction of sp³-hybridized carbons (Fsp3) is 0.500. The van der Waals surface area contributed by atoms with Gasteiger partial charge in [0.2, 0.25) is 5.91 Å². The molecule has 0 spiro atoms. The number of carbonyl (C=O) groups is 2. The summed E-state index contributed by atoms with van der Waals surface area (Å²) in [5, 5.41) is 5.05. The van der Waals surface area contributed by atoms with Gasteiger partial charge in [-0.1, -0.05) is 0 Å². The van der Waals surface area contributed by atoms with E-state index in [1.54, 1.807) is 45.0 Å². The number of hydrogen-bond donors (Lipinski definition) is 2. The fourth-order valence-corrected chi connectivity index (χ4v) is 1.63. The minimum atomic E-state index is -4.41. The molecular formula is C16H21F3N2O4. The molecule has 0 aromatic heterocycles. The second-order valence-electron chi connectivity index (χ2n) is 6.17. The Bertz CT molecular complexity index is 581. The molecule has 9 heteroatoms. The summed E-state index contributed by atoms with van der Waals surface area (Å²) in [7, 11) is 0. The molecule has 140 valence electrons. The van der Waals surface area contributed by atoms with Crippen LogP contribution in [-0.4, -0.2) is 37.0 Å². The van der Waals surface area contributed by atoms with Crippen molar-refractivity contribution in [3.63, 3.8) is 0 Å². The predicted molar refractivity (Wildman–Crippen MR) is 86.4 cm³/mol. The number of amides is 2. The molecule has 0 atom stereocenters. The van der Waals surface area contributed by atoms with Crippen LogP contribution in [0.25, 0.3) is 0 Å². The minimum absolute atomic E-state index is 0.200. The largest absolute Gasteiger partial charge is 0.444 e. The van der Waals surface area contributed by atoms with Crippen LogP contribution in [0.2, 0.25) is 0 Å². The zero-order chi connectivity index (χ0) is 19.1. The van der Waals surface area contributed by atoms with E-state index in [9.17, 15) is 22.8 Å². The molecule has 0 aliphatic heterocycles. The Balaban J connectivity index is 2.38. The van der Waals surface area contributed by atoms with Crippen molar-refractivity contribution in [3.05, 3.63) is 24.3 Å². The van der Waals surface area contributed by atoms with Crippen LogP contribution in [0, 0.1) is 0 Å². The predicted octanol–water partition coefficient (Wildman–Crippen LogP) is 3.94. The van der Waals surface area contributed by atoms with Gasteiger partial charge < -0.3 is 14.8 Å². The number of anilines is 2. The standard InChI is InChI=1S/C16H21F3N2O4/c1-15(2,3)25-14(23)21-12-6-4-11(5-7-12)20-13(22)8-9-24-10-16(17,18)19/h4-7H,8-10H2,1-3H3,(H,20,22)(H,21,23). The second kappa shape index (κ2) is 8.70. The Morgan fingerprint density at radius 3 is 2.00 bits per heavy atom. The van der Waals surface area contributed by atoms with Gasteiger partial charge in [-0.2, -0.15) is 13.2 Å². The van der Waals surface area contributed by atoms with Crippen LogP contribution in [0.3, 0.4) is 0 Å². The first-order valence-corrected chi connectivity index (χ1v) is 7.49. The Morgan fingerprint density at radius 2 is 1.52 bits per heavy atom. The lowest BCUT2D eigenvalue weighted by atomic mass is 10.2. The Labute approximate surface area is 143 Å². The van der Waals surface area contributed by atoms with E-state index in [0.717, 1.165) is 0 Å².